The van der Waals surface area contributed by atoms with Crippen molar-refractivity contribution in [1.82, 2.24) is 0 Å². The van der Waals surface area contributed by atoms with Gasteiger partial charge in [0.1, 0.15) is 11.5 Å². The molecule has 0 aromatic heterocycles. The van der Waals surface area contributed by atoms with E-state index in [0.29, 0.717) is 5.75 Å². The van der Waals surface area contributed by atoms with E-state index in [1.54, 1.807) is 30.6 Å². The lowest BCUT2D eigenvalue weighted by atomic mass is 10.0. The summed E-state index contributed by atoms with van der Waals surface area (Å²) in [5.41, 5.74) is 2.88. The molecular formula is C43H62O2S2. The van der Waals surface area contributed by atoms with Crippen molar-refractivity contribution < 1.29 is 9.84 Å². The van der Waals surface area contributed by atoms with Gasteiger partial charge in [-0.15, -0.1) is 23.5 Å². The van der Waals surface area contributed by atoms with E-state index >= 15 is 0 Å². The molecule has 1 N–H and O–H groups in total. The first-order valence-corrected chi connectivity index (χ1v) is 20.9. The number of benzene rings is 4. The Morgan fingerprint density at radius 1 is 0.489 bits per heavy atom. The molecule has 0 aliphatic rings. The van der Waals surface area contributed by atoms with Gasteiger partial charge in [0, 0.05) is 9.79 Å². The zero-order chi connectivity index (χ0) is 33.7. The highest BCUT2D eigenvalue weighted by Gasteiger charge is 2.06. The van der Waals surface area contributed by atoms with Gasteiger partial charge in [-0.25, -0.2) is 0 Å². The monoisotopic (exact) mass is 674 g/mol. The van der Waals surface area contributed by atoms with Gasteiger partial charge < -0.3 is 9.84 Å². The Kier molecular flexibility index (Phi) is 19.3. The molecule has 0 aliphatic carbocycles. The van der Waals surface area contributed by atoms with E-state index in [9.17, 15) is 5.11 Å². The Hall–Kier alpha value is -2.30. The second-order valence-electron chi connectivity index (χ2n) is 13.0. The predicted molar refractivity (Wildman–Crippen MR) is 212 cm³/mol. The second kappa shape index (κ2) is 23.1. The molecule has 0 unspecified atom stereocenters. The van der Waals surface area contributed by atoms with Crippen LogP contribution in [0.4, 0.5) is 0 Å². The smallest absolute Gasteiger partial charge is 0.133 e. The van der Waals surface area contributed by atoms with Crippen molar-refractivity contribution in [3.05, 3.63) is 71.8 Å². The van der Waals surface area contributed by atoms with Crippen LogP contribution in [0.1, 0.15) is 128 Å². The lowest BCUT2D eigenvalue weighted by Gasteiger charge is -2.10. The van der Waals surface area contributed by atoms with Crippen molar-refractivity contribution in [2.75, 3.05) is 19.6 Å². The molecule has 2 nitrogen and oxygen atoms in total. The number of aryl methyl sites for hydroxylation is 2. The molecule has 258 valence electrons. The summed E-state index contributed by atoms with van der Waals surface area (Å²) in [7, 11) is 1.75. The Morgan fingerprint density at radius 2 is 0.915 bits per heavy atom. The number of unbranched alkanes of at least 4 members (excludes halogenated alkanes) is 14. The van der Waals surface area contributed by atoms with Crippen LogP contribution in [-0.4, -0.2) is 24.7 Å². The van der Waals surface area contributed by atoms with Gasteiger partial charge in [0.15, 0.2) is 0 Å². The number of thioether (sulfide) groups is 2. The molecular weight excluding hydrogens is 613 g/mol. The highest BCUT2D eigenvalue weighted by Crippen LogP contribution is 2.33. The Bertz CT molecular complexity index is 1450. The number of rotatable bonds is 21. The maximum Gasteiger partial charge on any atom is 0.133 e. The van der Waals surface area contributed by atoms with Crippen LogP contribution in [0.5, 0.6) is 11.5 Å². The van der Waals surface area contributed by atoms with Crippen LogP contribution in [0.15, 0.2) is 70.5 Å². The highest BCUT2D eigenvalue weighted by molar-refractivity contribution is 7.99. The van der Waals surface area contributed by atoms with Crippen molar-refractivity contribution in [3.63, 3.8) is 0 Å². The largest absolute Gasteiger partial charge is 0.507 e. The first-order chi connectivity index (χ1) is 23.0. The van der Waals surface area contributed by atoms with Gasteiger partial charge in [0.2, 0.25) is 0 Å². The van der Waals surface area contributed by atoms with Crippen molar-refractivity contribution in [2.24, 2.45) is 0 Å². The molecule has 4 heteroatoms. The van der Waals surface area contributed by atoms with Gasteiger partial charge >= 0.3 is 0 Å². The van der Waals surface area contributed by atoms with Crippen molar-refractivity contribution in [2.45, 2.75) is 139 Å². The number of phenolic OH excluding ortho intramolecular Hbond substituents is 1. The SMILES string of the molecule is CCCCCCCCCCc1ccc2cc(O)c(SC)cc2c1.CCCCCCCCCCc1ccc2cc(OC)c(SC)cc2c1. The van der Waals surface area contributed by atoms with Crippen LogP contribution in [-0.2, 0) is 12.8 Å². The molecule has 0 amide bonds. The van der Waals surface area contributed by atoms with E-state index in [1.165, 1.54) is 148 Å². The molecule has 0 spiro atoms. The zero-order valence-electron chi connectivity index (χ0n) is 30.2. The Morgan fingerprint density at radius 3 is 1.36 bits per heavy atom. The third kappa shape index (κ3) is 14.0. The predicted octanol–water partition coefficient (Wildman–Crippen LogP) is 14.2. The van der Waals surface area contributed by atoms with E-state index in [1.807, 2.05) is 12.3 Å². The summed E-state index contributed by atoms with van der Waals surface area (Å²) in [4.78, 5) is 2.18. The lowest BCUT2D eigenvalue weighted by Crippen LogP contribution is -1.89. The van der Waals surface area contributed by atoms with Crippen LogP contribution in [0, 0.1) is 0 Å². The van der Waals surface area contributed by atoms with Crippen LogP contribution in [0.25, 0.3) is 21.5 Å². The standard InChI is InChI=1S/C22H32OS.C21H30OS/c1-4-5-6-7-8-9-10-11-12-18-13-14-19-16-21(23-2)22(24-3)17-20(19)15-18;1-3-4-5-6-7-8-9-10-11-17-12-13-18-15-20(22)21(23-2)16-19(18)14-17/h13-17H,4-12H2,1-3H3;12-16,22H,3-11H2,1-2H3. The first-order valence-electron chi connectivity index (χ1n) is 18.5. The maximum absolute atomic E-state index is 9.93. The van der Waals surface area contributed by atoms with E-state index in [-0.39, 0.29) is 0 Å². The molecule has 0 heterocycles. The summed E-state index contributed by atoms with van der Waals surface area (Å²) in [6, 6.07) is 21.9. The summed E-state index contributed by atoms with van der Waals surface area (Å²) in [6.07, 6.45) is 28.5. The fourth-order valence-electron chi connectivity index (χ4n) is 6.34. The third-order valence-corrected chi connectivity index (χ3v) is 10.8. The van der Waals surface area contributed by atoms with Crippen LogP contribution in [0.3, 0.4) is 0 Å². The molecule has 0 saturated heterocycles. The second-order valence-corrected chi connectivity index (χ2v) is 14.7. The minimum absolute atomic E-state index is 0.390. The topological polar surface area (TPSA) is 29.5 Å². The molecule has 0 aliphatic heterocycles. The van der Waals surface area contributed by atoms with Crippen molar-refractivity contribution in [1.29, 1.82) is 0 Å². The zero-order valence-corrected chi connectivity index (χ0v) is 31.8. The van der Waals surface area contributed by atoms with Gasteiger partial charge in [0.25, 0.3) is 0 Å². The minimum Gasteiger partial charge on any atom is -0.507 e. The van der Waals surface area contributed by atoms with E-state index in [2.05, 4.69) is 74.7 Å². The summed E-state index contributed by atoms with van der Waals surface area (Å²) in [6.45, 7) is 4.55. The van der Waals surface area contributed by atoms with Crippen LogP contribution in [0.2, 0.25) is 0 Å². The Labute approximate surface area is 295 Å². The molecule has 0 saturated carbocycles. The summed E-state index contributed by atoms with van der Waals surface area (Å²) < 4.78 is 5.48. The number of methoxy groups -OCH3 is 1. The van der Waals surface area contributed by atoms with Gasteiger partial charge in [0.05, 0.1) is 7.11 Å². The van der Waals surface area contributed by atoms with E-state index in [4.69, 9.17) is 4.74 Å². The summed E-state index contributed by atoms with van der Waals surface area (Å²) in [5, 5.41) is 14.9. The molecule has 47 heavy (non-hydrogen) atoms. The maximum atomic E-state index is 9.93. The highest BCUT2D eigenvalue weighted by atomic mass is 32.2. The van der Waals surface area contributed by atoms with Gasteiger partial charge in [-0.05, 0) is 95.1 Å². The number of aromatic hydroxyl groups is 1. The summed E-state index contributed by atoms with van der Waals surface area (Å²) >= 11 is 3.35. The molecule has 4 aromatic rings. The van der Waals surface area contributed by atoms with Crippen molar-refractivity contribution >= 4 is 45.1 Å². The first kappa shape index (κ1) is 39.1. The van der Waals surface area contributed by atoms with Gasteiger partial charge in [-0.2, -0.15) is 0 Å². The average molecular weight is 675 g/mol. The third-order valence-electron chi connectivity index (χ3n) is 9.25. The summed E-state index contributed by atoms with van der Waals surface area (Å²) in [5.74, 6) is 1.37. The fourth-order valence-corrected chi connectivity index (χ4v) is 7.44. The van der Waals surface area contributed by atoms with Gasteiger partial charge in [-0.3, -0.25) is 0 Å². The fraction of sp³-hybridized carbons (Fsp3) is 0.535. The van der Waals surface area contributed by atoms with E-state index < -0.39 is 0 Å². The number of ether oxygens (including phenoxy) is 1. The van der Waals surface area contributed by atoms with Crippen LogP contribution >= 0.6 is 23.5 Å². The molecule has 0 atom stereocenters. The Balaban J connectivity index is 0.000000256. The number of hydrogen-bond acceptors (Lipinski definition) is 4. The van der Waals surface area contributed by atoms with Crippen LogP contribution < -0.4 is 4.74 Å². The molecule has 4 rings (SSSR count). The lowest BCUT2D eigenvalue weighted by molar-refractivity contribution is 0.405. The molecule has 4 aromatic carbocycles. The van der Waals surface area contributed by atoms with Gasteiger partial charge in [-0.1, -0.05) is 140 Å². The molecule has 0 bridgehead atoms. The molecule has 0 radical (unpaired) electrons. The normalized spacial score (nSPS) is 11.2. The van der Waals surface area contributed by atoms with E-state index in [0.717, 1.165) is 16.0 Å². The number of phenols is 1. The minimum atomic E-state index is 0.390. The van der Waals surface area contributed by atoms with Crippen molar-refractivity contribution in [3.8, 4) is 11.5 Å². The number of hydrogen-bond donors (Lipinski definition) is 1. The molecule has 0 fully saturated rings. The average Bonchev–Trinajstić information content (AvgIpc) is 3.09. The quantitative estimate of drug-likeness (QED) is 0.0703. The number of fused-ring (bicyclic) bond motifs is 2.